The van der Waals surface area contributed by atoms with Gasteiger partial charge >= 0.3 is 0 Å². The molecular formula is C10H12N2O2S. The van der Waals surface area contributed by atoms with E-state index in [1.807, 2.05) is 30.5 Å². The van der Waals surface area contributed by atoms with E-state index in [0.29, 0.717) is 6.42 Å². The van der Waals surface area contributed by atoms with Gasteiger partial charge in [0.15, 0.2) is 0 Å². The average Bonchev–Trinajstić information content (AvgIpc) is 2.57. The van der Waals surface area contributed by atoms with Gasteiger partial charge in [-0.05, 0) is 18.1 Å². The van der Waals surface area contributed by atoms with E-state index in [1.165, 1.54) is 0 Å². The first-order valence-electron chi connectivity index (χ1n) is 4.62. The normalized spacial score (nSPS) is 12.1. The molecule has 0 radical (unpaired) electrons. The number of H-pyrrole nitrogens is 1. The molecule has 4 nitrogen and oxygen atoms in total. The van der Waals surface area contributed by atoms with Gasteiger partial charge in [-0.25, -0.2) is 13.6 Å². The minimum absolute atomic E-state index is 0.0190. The standard InChI is InChI=1S/C10H12N2O2S/c11-15(13,14)6-5-8-7-12-10-4-2-1-3-9(8)10/h1-4,7,12H,5-6H2,(H2,11,13,14). The fraction of sp³-hybridized carbons (Fsp3) is 0.200. The summed E-state index contributed by atoms with van der Waals surface area (Å²) < 4.78 is 21.7. The topological polar surface area (TPSA) is 76.0 Å². The van der Waals surface area contributed by atoms with Crippen molar-refractivity contribution < 1.29 is 8.42 Å². The number of nitrogens with one attached hydrogen (secondary N) is 1. The molecule has 2 rings (SSSR count). The Morgan fingerprint density at radius 3 is 2.73 bits per heavy atom. The largest absolute Gasteiger partial charge is 0.361 e. The second-order valence-electron chi connectivity index (χ2n) is 3.48. The van der Waals surface area contributed by atoms with Crippen LogP contribution in [0.1, 0.15) is 5.56 Å². The predicted molar refractivity (Wildman–Crippen MR) is 60.0 cm³/mol. The van der Waals surface area contributed by atoms with Gasteiger partial charge in [-0.3, -0.25) is 0 Å². The van der Waals surface area contributed by atoms with Crippen molar-refractivity contribution >= 4 is 20.9 Å². The smallest absolute Gasteiger partial charge is 0.209 e. The number of nitrogens with two attached hydrogens (primary N) is 1. The Balaban J connectivity index is 2.29. The minimum atomic E-state index is -3.38. The predicted octanol–water partition coefficient (Wildman–Crippen LogP) is 0.999. The molecule has 15 heavy (non-hydrogen) atoms. The van der Waals surface area contributed by atoms with Gasteiger partial charge in [0.2, 0.25) is 10.0 Å². The van der Waals surface area contributed by atoms with Gasteiger partial charge < -0.3 is 4.98 Å². The fourth-order valence-corrected chi connectivity index (χ4v) is 2.10. The number of aromatic amines is 1. The van der Waals surface area contributed by atoms with Crippen LogP contribution in [0, 0.1) is 0 Å². The number of aromatic nitrogens is 1. The van der Waals surface area contributed by atoms with Crippen LogP contribution in [0.3, 0.4) is 0 Å². The molecule has 0 aliphatic rings. The number of aryl methyl sites for hydroxylation is 1. The van der Waals surface area contributed by atoms with Gasteiger partial charge in [-0.15, -0.1) is 0 Å². The molecule has 1 aromatic heterocycles. The van der Waals surface area contributed by atoms with Gasteiger partial charge in [0.25, 0.3) is 0 Å². The monoisotopic (exact) mass is 224 g/mol. The Morgan fingerprint density at radius 2 is 2.00 bits per heavy atom. The van der Waals surface area contributed by atoms with E-state index in [1.54, 1.807) is 0 Å². The van der Waals surface area contributed by atoms with E-state index in [2.05, 4.69) is 4.98 Å². The third kappa shape index (κ3) is 2.37. The molecule has 0 aliphatic carbocycles. The lowest BCUT2D eigenvalue weighted by Gasteiger charge is -1.97. The molecule has 0 spiro atoms. The molecule has 0 atom stereocenters. The van der Waals surface area contributed by atoms with Crippen LogP contribution in [0.25, 0.3) is 10.9 Å². The highest BCUT2D eigenvalue weighted by Gasteiger charge is 2.07. The molecule has 2 aromatic rings. The highest BCUT2D eigenvalue weighted by Crippen LogP contribution is 2.18. The molecule has 0 saturated heterocycles. The quantitative estimate of drug-likeness (QED) is 0.816. The molecular weight excluding hydrogens is 212 g/mol. The van der Waals surface area contributed by atoms with Crippen LogP contribution >= 0.6 is 0 Å². The molecule has 0 fully saturated rings. The minimum Gasteiger partial charge on any atom is -0.361 e. The molecule has 0 saturated carbocycles. The van der Waals surface area contributed by atoms with Crippen LogP contribution in [0.5, 0.6) is 0 Å². The van der Waals surface area contributed by atoms with Crippen molar-refractivity contribution in [3.63, 3.8) is 0 Å². The molecule has 1 heterocycles. The Labute approximate surface area is 88.2 Å². The SMILES string of the molecule is NS(=O)(=O)CCc1c[nH]c2ccccc12. The number of sulfonamides is 1. The number of hydrogen-bond donors (Lipinski definition) is 2. The number of fused-ring (bicyclic) bond motifs is 1. The summed E-state index contributed by atoms with van der Waals surface area (Å²) in [5.74, 6) is -0.0190. The van der Waals surface area contributed by atoms with Gasteiger partial charge in [0.1, 0.15) is 0 Å². The Kier molecular flexibility index (Phi) is 2.50. The molecule has 0 amide bonds. The Morgan fingerprint density at radius 1 is 1.27 bits per heavy atom. The zero-order valence-electron chi connectivity index (χ0n) is 8.10. The van der Waals surface area contributed by atoms with Crippen molar-refractivity contribution in [3.8, 4) is 0 Å². The number of hydrogen-bond acceptors (Lipinski definition) is 2. The first-order chi connectivity index (χ1) is 7.06. The second kappa shape index (κ2) is 3.67. The molecule has 80 valence electrons. The summed E-state index contributed by atoms with van der Waals surface area (Å²) in [5.41, 5.74) is 2.00. The lowest BCUT2D eigenvalue weighted by Crippen LogP contribution is -2.17. The van der Waals surface area contributed by atoms with Crippen molar-refractivity contribution in [1.29, 1.82) is 0 Å². The summed E-state index contributed by atoms with van der Waals surface area (Å²) in [6.45, 7) is 0. The zero-order valence-corrected chi connectivity index (χ0v) is 8.92. The fourth-order valence-electron chi connectivity index (χ4n) is 1.59. The summed E-state index contributed by atoms with van der Waals surface area (Å²) in [6, 6.07) is 7.78. The number of benzene rings is 1. The van der Waals surface area contributed by atoms with Crippen molar-refractivity contribution in [1.82, 2.24) is 4.98 Å². The lowest BCUT2D eigenvalue weighted by molar-refractivity contribution is 0.597. The van der Waals surface area contributed by atoms with E-state index < -0.39 is 10.0 Å². The third-order valence-electron chi connectivity index (χ3n) is 2.33. The van der Waals surface area contributed by atoms with Crippen molar-refractivity contribution in [3.05, 3.63) is 36.0 Å². The van der Waals surface area contributed by atoms with E-state index in [4.69, 9.17) is 5.14 Å². The van der Waals surface area contributed by atoms with Gasteiger partial charge in [0, 0.05) is 17.1 Å². The van der Waals surface area contributed by atoms with Crippen LogP contribution in [0.15, 0.2) is 30.5 Å². The highest BCUT2D eigenvalue weighted by atomic mass is 32.2. The highest BCUT2D eigenvalue weighted by molar-refractivity contribution is 7.89. The van der Waals surface area contributed by atoms with E-state index in [0.717, 1.165) is 16.5 Å². The van der Waals surface area contributed by atoms with E-state index >= 15 is 0 Å². The molecule has 5 heteroatoms. The summed E-state index contributed by atoms with van der Waals surface area (Å²) >= 11 is 0. The second-order valence-corrected chi connectivity index (χ2v) is 5.21. The number of primary sulfonamides is 1. The molecule has 0 bridgehead atoms. The number of rotatable bonds is 3. The van der Waals surface area contributed by atoms with Crippen LogP contribution in [-0.4, -0.2) is 19.2 Å². The molecule has 1 aromatic carbocycles. The Hall–Kier alpha value is -1.33. The maximum absolute atomic E-state index is 10.8. The Bertz CT molecular complexity index is 572. The third-order valence-corrected chi connectivity index (χ3v) is 3.10. The van der Waals surface area contributed by atoms with E-state index in [9.17, 15) is 8.42 Å². The van der Waals surface area contributed by atoms with Gasteiger partial charge in [-0.2, -0.15) is 0 Å². The van der Waals surface area contributed by atoms with E-state index in [-0.39, 0.29) is 5.75 Å². The summed E-state index contributed by atoms with van der Waals surface area (Å²) in [4.78, 5) is 3.09. The average molecular weight is 224 g/mol. The van der Waals surface area contributed by atoms with Crippen LogP contribution in [0.4, 0.5) is 0 Å². The first-order valence-corrected chi connectivity index (χ1v) is 6.33. The van der Waals surface area contributed by atoms with Crippen LogP contribution < -0.4 is 5.14 Å². The maximum atomic E-state index is 10.8. The van der Waals surface area contributed by atoms with Crippen molar-refractivity contribution in [2.24, 2.45) is 5.14 Å². The summed E-state index contributed by atoms with van der Waals surface area (Å²) in [7, 11) is -3.38. The summed E-state index contributed by atoms with van der Waals surface area (Å²) in [6.07, 6.45) is 2.28. The first kappa shape index (κ1) is 10.2. The lowest BCUT2D eigenvalue weighted by atomic mass is 10.1. The molecule has 3 N–H and O–H groups in total. The number of para-hydroxylation sites is 1. The van der Waals surface area contributed by atoms with Crippen LogP contribution in [0.2, 0.25) is 0 Å². The molecule has 0 unspecified atom stereocenters. The van der Waals surface area contributed by atoms with Crippen molar-refractivity contribution in [2.75, 3.05) is 5.75 Å². The van der Waals surface area contributed by atoms with Crippen molar-refractivity contribution in [2.45, 2.75) is 6.42 Å². The maximum Gasteiger partial charge on any atom is 0.209 e. The van der Waals surface area contributed by atoms with Crippen LogP contribution in [-0.2, 0) is 16.4 Å². The summed E-state index contributed by atoms with van der Waals surface area (Å²) in [5, 5.41) is 6.01. The molecule has 0 aliphatic heterocycles. The van der Waals surface area contributed by atoms with Gasteiger partial charge in [-0.1, -0.05) is 18.2 Å². The zero-order chi connectivity index (χ0) is 10.9. The van der Waals surface area contributed by atoms with Gasteiger partial charge in [0.05, 0.1) is 5.75 Å².